The molecule has 3 rings (SSSR count). The Hall–Kier alpha value is -3.26. The van der Waals surface area contributed by atoms with Crippen LogP contribution in [0.3, 0.4) is 0 Å². The summed E-state index contributed by atoms with van der Waals surface area (Å²) in [6.45, 7) is 5.56. The number of esters is 1. The normalized spacial score (nSPS) is 14.5. The first-order chi connectivity index (χ1) is 15.1. The maximum absolute atomic E-state index is 12.9. The van der Waals surface area contributed by atoms with Crippen molar-refractivity contribution in [1.29, 1.82) is 0 Å². The van der Waals surface area contributed by atoms with Crippen LogP contribution in [0.25, 0.3) is 12.2 Å². The molecule has 0 saturated carbocycles. The number of aldehydes is 1. The maximum atomic E-state index is 12.9. The lowest BCUT2D eigenvalue weighted by Crippen LogP contribution is -2.45. The smallest absolute Gasteiger partial charge is 0.306 e. The Balaban J connectivity index is 1.72. The molecule has 2 aromatic rings. The Morgan fingerprint density at radius 3 is 2.44 bits per heavy atom. The van der Waals surface area contributed by atoms with Gasteiger partial charge < -0.3 is 15.4 Å². The highest BCUT2D eigenvalue weighted by Gasteiger charge is 2.38. The number of nitrogens with zero attached hydrogens (tertiary/aromatic N) is 1. The molecule has 1 aliphatic rings. The quantitative estimate of drug-likeness (QED) is 0.484. The molecule has 2 amide bonds. The van der Waals surface area contributed by atoms with Crippen molar-refractivity contribution in [2.75, 3.05) is 0 Å². The molecular weight excluding hydrogens is 428 g/mol. The van der Waals surface area contributed by atoms with E-state index < -0.39 is 23.5 Å². The van der Waals surface area contributed by atoms with Gasteiger partial charge in [0.25, 0.3) is 5.91 Å². The number of ether oxygens (including phenoxy) is 1. The molecule has 0 saturated heterocycles. The first-order valence-corrected chi connectivity index (χ1v) is 11.1. The molecule has 1 aromatic carbocycles. The van der Waals surface area contributed by atoms with E-state index in [-0.39, 0.29) is 25.3 Å². The molecule has 2 heterocycles. The molecule has 0 bridgehead atoms. The van der Waals surface area contributed by atoms with Gasteiger partial charge in [0.05, 0.1) is 4.88 Å². The summed E-state index contributed by atoms with van der Waals surface area (Å²) in [5, 5.41) is 1.90. The SMILES string of the molecule is CC(C)(C)OC(=O)CCC(C(N)=O)N1Cc2c(/C=C/c3ccc(C=O)cc3)csc2C1=O. The lowest BCUT2D eigenvalue weighted by Gasteiger charge is -2.26. The third kappa shape index (κ3) is 5.50. The summed E-state index contributed by atoms with van der Waals surface area (Å²) in [4.78, 5) is 49.9. The summed E-state index contributed by atoms with van der Waals surface area (Å²) in [5.74, 6) is -1.34. The zero-order chi connectivity index (χ0) is 23.5. The lowest BCUT2D eigenvalue weighted by atomic mass is 10.1. The summed E-state index contributed by atoms with van der Waals surface area (Å²) >= 11 is 1.32. The van der Waals surface area contributed by atoms with Gasteiger partial charge in [0.1, 0.15) is 17.9 Å². The molecule has 168 valence electrons. The minimum absolute atomic E-state index is 0.00809. The monoisotopic (exact) mass is 454 g/mol. The van der Waals surface area contributed by atoms with E-state index in [1.807, 2.05) is 29.7 Å². The standard InChI is InChI=1S/C24H26N2O5S/c1-24(2,3)31-20(28)11-10-19(22(25)29)26-12-18-17(14-32-21(18)23(26)30)9-8-15-4-6-16(13-27)7-5-15/h4-9,13-14,19H,10-12H2,1-3H3,(H2,25,29)/b9-8+. The van der Waals surface area contributed by atoms with Crippen molar-refractivity contribution in [2.24, 2.45) is 5.73 Å². The van der Waals surface area contributed by atoms with E-state index in [1.54, 1.807) is 32.9 Å². The number of carbonyl (C=O) groups excluding carboxylic acids is 4. The zero-order valence-electron chi connectivity index (χ0n) is 18.3. The van der Waals surface area contributed by atoms with Crippen molar-refractivity contribution in [1.82, 2.24) is 4.90 Å². The number of nitrogens with two attached hydrogens (primary N) is 1. The lowest BCUT2D eigenvalue weighted by molar-refractivity contribution is -0.155. The highest BCUT2D eigenvalue weighted by molar-refractivity contribution is 7.12. The molecule has 7 nitrogen and oxygen atoms in total. The van der Waals surface area contributed by atoms with Crippen LogP contribution in [0.5, 0.6) is 0 Å². The molecule has 1 atom stereocenters. The maximum Gasteiger partial charge on any atom is 0.306 e. The van der Waals surface area contributed by atoms with Crippen molar-refractivity contribution in [2.45, 2.75) is 51.8 Å². The molecule has 1 aromatic heterocycles. The number of fused-ring (bicyclic) bond motifs is 1. The number of primary amides is 1. The van der Waals surface area contributed by atoms with Gasteiger partial charge in [-0.25, -0.2) is 0 Å². The molecule has 2 N–H and O–H groups in total. The average Bonchev–Trinajstić information content (AvgIpc) is 3.26. The van der Waals surface area contributed by atoms with Gasteiger partial charge in [0.2, 0.25) is 5.91 Å². The van der Waals surface area contributed by atoms with Crippen LogP contribution in [0.4, 0.5) is 0 Å². The average molecular weight is 455 g/mol. The second kappa shape index (κ2) is 9.48. The Bertz CT molecular complexity index is 1060. The van der Waals surface area contributed by atoms with Crippen molar-refractivity contribution in [3.05, 3.63) is 56.8 Å². The summed E-state index contributed by atoms with van der Waals surface area (Å²) in [6.07, 6.45) is 4.70. The van der Waals surface area contributed by atoms with E-state index >= 15 is 0 Å². The Morgan fingerprint density at radius 2 is 1.84 bits per heavy atom. The Morgan fingerprint density at radius 1 is 1.19 bits per heavy atom. The first-order valence-electron chi connectivity index (χ1n) is 10.2. The summed E-state index contributed by atoms with van der Waals surface area (Å²) in [7, 11) is 0. The van der Waals surface area contributed by atoms with Crippen LogP contribution in [0, 0.1) is 0 Å². The number of benzene rings is 1. The molecule has 0 fully saturated rings. The van der Waals surface area contributed by atoms with Crippen molar-refractivity contribution < 1.29 is 23.9 Å². The van der Waals surface area contributed by atoms with E-state index in [9.17, 15) is 19.2 Å². The van der Waals surface area contributed by atoms with Crippen molar-refractivity contribution in [3.63, 3.8) is 0 Å². The van der Waals surface area contributed by atoms with Crippen LogP contribution in [-0.2, 0) is 20.9 Å². The van der Waals surface area contributed by atoms with Gasteiger partial charge in [-0.15, -0.1) is 11.3 Å². The van der Waals surface area contributed by atoms with Gasteiger partial charge >= 0.3 is 5.97 Å². The number of thiophene rings is 1. The summed E-state index contributed by atoms with van der Waals surface area (Å²) in [5.41, 5.74) is 8.19. The van der Waals surface area contributed by atoms with Crippen LogP contribution in [0.15, 0.2) is 29.6 Å². The largest absolute Gasteiger partial charge is 0.460 e. The highest BCUT2D eigenvalue weighted by Crippen LogP contribution is 2.34. The zero-order valence-corrected chi connectivity index (χ0v) is 19.1. The summed E-state index contributed by atoms with van der Waals surface area (Å²) in [6, 6.07) is 6.26. The van der Waals surface area contributed by atoms with E-state index in [2.05, 4.69) is 0 Å². The van der Waals surface area contributed by atoms with Crippen LogP contribution in [0.1, 0.15) is 70.3 Å². The minimum atomic E-state index is -0.887. The molecule has 32 heavy (non-hydrogen) atoms. The van der Waals surface area contributed by atoms with Gasteiger partial charge in [-0.3, -0.25) is 19.2 Å². The van der Waals surface area contributed by atoms with Crippen molar-refractivity contribution in [3.8, 4) is 0 Å². The molecule has 8 heteroatoms. The topological polar surface area (TPSA) is 107 Å². The highest BCUT2D eigenvalue weighted by atomic mass is 32.1. The Kier molecular flexibility index (Phi) is 6.93. The molecule has 0 aliphatic carbocycles. The second-order valence-corrected chi connectivity index (χ2v) is 9.47. The van der Waals surface area contributed by atoms with E-state index in [0.717, 1.165) is 23.0 Å². The van der Waals surface area contributed by atoms with E-state index in [4.69, 9.17) is 10.5 Å². The fraction of sp³-hybridized carbons (Fsp3) is 0.333. The molecule has 1 aliphatic heterocycles. The minimum Gasteiger partial charge on any atom is -0.460 e. The number of hydrogen-bond acceptors (Lipinski definition) is 6. The fourth-order valence-electron chi connectivity index (χ4n) is 3.47. The van der Waals surface area contributed by atoms with E-state index in [1.165, 1.54) is 16.2 Å². The summed E-state index contributed by atoms with van der Waals surface area (Å²) < 4.78 is 5.29. The molecule has 1 unspecified atom stereocenters. The number of rotatable bonds is 8. The fourth-order valence-corrected chi connectivity index (χ4v) is 4.48. The predicted molar refractivity (Wildman–Crippen MR) is 123 cm³/mol. The van der Waals surface area contributed by atoms with Gasteiger partial charge in [-0.05, 0) is 43.7 Å². The molecule has 0 radical (unpaired) electrons. The van der Waals surface area contributed by atoms with Crippen LogP contribution in [0.2, 0.25) is 0 Å². The third-order valence-corrected chi connectivity index (χ3v) is 6.01. The number of amides is 2. The first kappa shape index (κ1) is 23.4. The van der Waals surface area contributed by atoms with Crippen molar-refractivity contribution >= 4 is 47.6 Å². The van der Waals surface area contributed by atoms with Crippen LogP contribution < -0.4 is 5.73 Å². The Labute approximate surface area is 190 Å². The molecular formula is C24H26N2O5S. The van der Waals surface area contributed by atoms with E-state index in [0.29, 0.717) is 10.4 Å². The second-order valence-electron chi connectivity index (χ2n) is 8.59. The molecule has 0 spiro atoms. The van der Waals surface area contributed by atoms with Gasteiger partial charge in [-0.2, -0.15) is 0 Å². The predicted octanol–water partition coefficient (Wildman–Crippen LogP) is 3.66. The number of carbonyl (C=O) groups is 4. The van der Waals surface area contributed by atoms with Gasteiger partial charge in [0, 0.05) is 24.1 Å². The number of hydrogen-bond donors (Lipinski definition) is 1. The third-order valence-electron chi connectivity index (χ3n) is 4.98. The van der Waals surface area contributed by atoms with Crippen LogP contribution >= 0.6 is 11.3 Å². The van der Waals surface area contributed by atoms with Gasteiger partial charge in [-0.1, -0.05) is 36.4 Å². The van der Waals surface area contributed by atoms with Crippen LogP contribution in [-0.4, -0.2) is 40.6 Å². The van der Waals surface area contributed by atoms with Gasteiger partial charge in [0.15, 0.2) is 0 Å².